The average molecular weight is 266 g/mol. The lowest BCUT2D eigenvalue weighted by atomic mass is 10.2. The molecule has 0 aromatic rings. The number of hydrogen-bond acceptors (Lipinski definition) is 2. The summed E-state index contributed by atoms with van der Waals surface area (Å²) >= 11 is 0. The van der Waals surface area contributed by atoms with Gasteiger partial charge >= 0.3 is 0 Å². The first-order chi connectivity index (χ1) is 8.84. The minimum Gasteiger partial charge on any atom is -0.493 e. The third-order valence-electron chi connectivity index (χ3n) is 2.48. The van der Waals surface area contributed by atoms with Gasteiger partial charge in [0.2, 0.25) is 0 Å². The SMILES string of the molecule is CCCC.COC1=CC(C)=CCC=C1OC(C)(C)C. The van der Waals surface area contributed by atoms with E-state index in [9.17, 15) is 0 Å². The maximum Gasteiger partial charge on any atom is 0.160 e. The van der Waals surface area contributed by atoms with Gasteiger partial charge in [-0.3, -0.25) is 0 Å². The third kappa shape index (κ3) is 8.52. The maximum absolute atomic E-state index is 5.84. The van der Waals surface area contributed by atoms with E-state index in [1.807, 2.05) is 26.8 Å². The Morgan fingerprint density at radius 3 is 2.05 bits per heavy atom. The number of rotatable bonds is 3. The fourth-order valence-corrected chi connectivity index (χ4v) is 1.37. The van der Waals surface area contributed by atoms with Crippen LogP contribution in [0.15, 0.2) is 35.3 Å². The molecule has 1 aliphatic rings. The predicted molar refractivity (Wildman–Crippen MR) is 83.0 cm³/mol. The Balaban J connectivity index is 0.000000711. The van der Waals surface area contributed by atoms with Crippen molar-refractivity contribution in [3.63, 3.8) is 0 Å². The molecule has 0 N–H and O–H groups in total. The summed E-state index contributed by atoms with van der Waals surface area (Å²) in [6, 6.07) is 0. The minimum absolute atomic E-state index is 0.193. The Labute approximate surface area is 119 Å². The van der Waals surface area contributed by atoms with Crippen LogP contribution in [0.4, 0.5) is 0 Å². The molecule has 110 valence electrons. The molecule has 2 heteroatoms. The van der Waals surface area contributed by atoms with Crippen molar-refractivity contribution in [1.29, 1.82) is 0 Å². The van der Waals surface area contributed by atoms with Gasteiger partial charge in [-0.2, -0.15) is 0 Å². The highest BCUT2D eigenvalue weighted by Gasteiger charge is 2.17. The van der Waals surface area contributed by atoms with Crippen LogP contribution in [0.5, 0.6) is 0 Å². The van der Waals surface area contributed by atoms with Crippen molar-refractivity contribution < 1.29 is 9.47 Å². The molecule has 0 saturated heterocycles. The molecular formula is C17H30O2. The van der Waals surface area contributed by atoms with Crippen molar-refractivity contribution >= 4 is 0 Å². The van der Waals surface area contributed by atoms with Crippen molar-refractivity contribution in [2.24, 2.45) is 0 Å². The van der Waals surface area contributed by atoms with Crippen molar-refractivity contribution in [3.8, 4) is 0 Å². The van der Waals surface area contributed by atoms with Crippen molar-refractivity contribution in [3.05, 3.63) is 35.3 Å². The molecule has 0 unspecified atom stereocenters. The summed E-state index contributed by atoms with van der Waals surface area (Å²) in [6.45, 7) is 12.5. The molecule has 0 amide bonds. The zero-order valence-corrected chi connectivity index (χ0v) is 13.7. The molecule has 0 aliphatic heterocycles. The lowest BCUT2D eigenvalue weighted by molar-refractivity contribution is 0.0433. The van der Waals surface area contributed by atoms with Crippen LogP contribution in [-0.4, -0.2) is 12.7 Å². The summed E-state index contributed by atoms with van der Waals surface area (Å²) in [4.78, 5) is 0. The lowest BCUT2D eigenvalue weighted by Gasteiger charge is -2.24. The first kappa shape index (κ1) is 17.8. The third-order valence-corrected chi connectivity index (χ3v) is 2.48. The van der Waals surface area contributed by atoms with Crippen LogP contribution in [0.25, 0.3) is 0 Å². The van der Waals surface area contributed by atoms with E-state index in [-0.39, 0.29) is 5.60 Å². The van der Waals surface area contributed by atoms with Gasteiger partial charge < -0.3 is 9.47 Å². The molecule has 0 spiro atoms. The largest absolute Gasteiger partial charge is 0.493 e. The molecule has 0 aromatic carbocycles. The molecule has 1 aliphatic carbocycles. The van der Waals surface area contributed by atoms with E-state index in [4.69, 9.17) is 9.47 Å². The summed E-state index contributed by atoms with van der Waals surface area (Å²) in [6.07, 6.45) is 9.74. The Morgan fingerprint density at radius 2 is 1.63 bits per heavy atom. The smallest absolute Gasteiger partial charge is 0.160 e. The van der Waals surface area contributed by atoms with E-state index < -0.39 is 0 Å². The van der Waals surface area contributed by atoms with Gasteiger partial charge in [0.15, 0.2) is 11.5 Å². The van der Waals surface area contributed by atoms with Crippen LogP contribution >= 0.6 is 0 Å². The van der Waals surface area contributed by atoms with E-state index in [1.165, 1.54) is 18.4 Å². The fraction of sp³-hybridized carbons (Fsp3) is 0.647. The van der Waals surface area contributed by atoms with E-state index in [2.05, 4.69) is 32.9 Å². The summed E-state index contributed by atoms with van der Waals surface area (Å²) < 4.78 is 11.2. The normalized spacial score (nSPS) is 15.2. The molecule has 2 nitrogen and oxygen atoms in total. The number of hydrogen-bond donors (Lipinski definition) is 0. The molecule has 0 radical (unpaired) electrons. The lowest BCUT2D eigenvalue weighted by Crippen LogP contribution is -2.19. The zero-order chi connectivity index (χ0) is 14.9. The second kappa shape index (κ2) is 8.84. The predicted octanol–water partition coefficient (Wildman–Crippen LogP) is 5.37. The molecule has 19 heavy (non-hydrogen) atoms. The minimum atomic E-state index is -0.193. The highest BCUT2D eigenvalue weighted by atomic mass is 16.5. The number of methoxy groups -OCH3 is 1. The summed E-state index contributed by atoms with van der Waals surface area (Å²) in [5, 5.41) is 0. The fourth-order valence-electron chi connectivity index (χ4n) is 1.37. The number of unbranched alkanes of at least 4 members (excludes halogenated alkanes) is 1. The Bertz CT molecular complexity index is 339. The zero-order valence-electron chi connectivity index (χ0n) is 13.7. The summed E-state index contributed by atoms with van der Waals surface area (Å²) in [5.74, 6) is 1.63. The average Bonchev–Trinajstić information content (AvgIpc) is 2.49. The van der Waals surface area contributed by atoms with Gasteiger partial charge in [0.1, 0.15) is 5.60 Å². The van der Waals surface area contributed by atoms with Gasteiger partial charge in [0.05, 0.1) is 7.11 Å². The molecule has 0 saturated carbocycles. The number of allylic oxidation sites excluding steroid dienone is 4. The standard InChI is InChI=1S/C13H20O2.C4H10/c1-10-7-6-8-11(12(9-10)14-5)15-13(2,3)4;1-3-4-2/h7-9H,6H2,1-5H3;3-4H2,1-2H3. The first-order valence-electron chi connectivity index (χ1n) is 7.16. The van der Waals surface area contributed by atoms with Crippen LogP contribution in [0.1, 0.15) is 60.8 Å². The van der Waals surface area contributed by atoms with Gasteiger partial charge in [-0.25, -0.2) is 0 Å². The highest BCUT2D eigenvalue weighted by Crippen LogP contribution is 2.24. The molecule has 1 rings (SSSR count). The van der Waals surface area contributed by atoms with E-state index >= 15 is 0 Å². The molecule has 0 bridgehead atoms. The van der Waals surface area contributed by atoms with E-state index in [0.717, 1.165) is 17.9 Å². The van der Waals surface area contributed by atoms with Crippen LogP contribution in [0.3, 0.4) is 0 Å². The molecule has 0 fully saturated rings. The topological polar surface area (TPSA) is 18.5 Å². The highest BCUT2D eigenvalue weighted by molar-refractivity contribution is 5.33. The summed E-state index contributed by atoms with van der Waals surface area (Å²) in [7, 11) is 1.67. The van der Waals surface area contributed by atoms with Crippen molar-refractivity contribution in [1.82, 2.24) is 0 Å². The first-order valence-corrected chi connectivity index (χ1v) is 7.16. The Morgan fingerprint density at radius 1 is 1.05 bits per heavy atom. The van der Waals surface area contributed by atoms with Gasteiger partial charge in [-0.05, 0) is 46.3 Å². The quantitative estimate of drug-likeness (QED) is 0.683. The Kier molecular flexibility index (Phi) is 8.29. The van der Waals surface area contributed by atoms with Crippen LogP contribution in [0.2, 0.25) is 0 Å². The Hall–Kier alpha value is -1.18. The van der Waals surface area contributed by atoms with Gasteiger partial charge in [0.25, 0.3) is 0 Å². The van der Waals surface area contributed by atoms with E-state index in [1.54, 1.807) is 7.11 Å². The van der Waals surface area contributed by atoms with Crippen molar-refractivity contribution in [2.75, 3.05) is 7.11 Å². The van der Waals surface area contributed by atoms with Crippen LogP contribution in [0, 0.1) is 0 Å². The molecule has 0 atom stereocenters. The maximum atomic E-state index is 5.84. The van der Waals surface area contributed by atoms with Crippen LogP contribution < -0.4 is 0 Å². The van der Waals surface area contributed by atoms with E-state index in [0.29, 0.717) is 0 Å². The molecule has 0 heterocycles. The monoisotopic (exact) mass is 266 g/mol. The second-order valence-electron chi connectivity index (χ2n) is 5.68. The molecular weight excluding hydrogens is 236 g/mol. The van der Waals surface area contributed by atoms with Gasteiger partial charge in [-0.15, -0.1) is 0 Å². The second-order valence-corrected chi connectivity index (χ2v) is 5.68. The van der Waals surface area contributed by atoms with Crippen molar-refractivity contribution in [2.45, 2.75) is 66.4 Å². The van der Waals surface area contributed by atoms with Gasteiger partial charge in [0, 0.05) is 0 Å². The number of ether oxygens (including phenoxy) is 2. The van der Waals surface area contributed by atoms with Crippen LogP contribution in [-0.2, 0) is 9.47 Å². The molecule has 0 aromatic heterocycles. The summed E-state index contributed by atoms with van der Waals surface area (Å²) in [5.41, 5.74) is 1.01. The van der Waals surface area contributed by atoms with Gasteiger partial charge in [-0.1, -0.05) is 38.3 Å².